The average molecular weight is 410 g/mol. The minimum atomic E-state index is -0.448. The standard InChI is InChI=1S/C23H28FN5O/c1-28(2)17-6-3-5-16(13-17)25-23-27-26-22(19-7-4-10-29(19)23)21-18(24)11-15(12-20(21)30)14-8-9-14/h4,7,10-12,14,16-17,30H,3,5-6,8-9,13H2,1-2H3,(H,25,27)/t16-,17?/m1/s1. The summed E-state index contributed by atoms with van der Waals surface area (Å²) in [5.74, 6) is 0.497. The molecule has 5 rings (SSSR count). The Balaban J connectivity index is 1.48. The molecule has 2 saturated carbocycles. The molecule has 2 aliphatic carbocycles. The average Bonchev–Trinajstić information content (AvgIpc) is 3.45. The van der Waals surface area contributed by atoms with Crippen LogP contribution in [0.25, 0.3) is 16.8 Å². The number of phenolic OH excluding ortho intramolecular Hbond substituents is 1. The minimum absolute atomic E-state index is 0.0730. The topological polar surface area (TPSA) is 65.7 Å². The Morgan fingerprint density at radius 1 is 1.17 bits per heavy atom. The van der Waals surface area contributed by atoms with Crippen LogP contribution in [0.2, 0.25) is 0 Å². The molecule has 2 aromatic heterocycles. The lowest BCUT2D eigenvalue weighted by Crippen LogP contribution is -2.38. The number of nitrogens with zero attached hydrogens (tertiary/aromatic N) is 4. The second kappa shape index (κ2) is 7.54. The summed E-state index contributed by atoms with van der Waals surface area (Å²) in [6, 6.07) is 7.85. The maximum atomic E-state index is 15.0. The molecule has 2 N–H and O–H groups in total. The van der Waals surface area contributed by atoms with E-state index in [2.05, 4.69) is 34.5 Å². The third-order valence-electron chi connectivity index (χ3n) is 6.55. The van der Waals surface area contributed by atoms with Crippen molar-refractivity contribution in [2.75, 3.05) is 19.4 Å². The summed E-state index contributed by atoms with van der Waals surface area (Å²) in [7, 11) is 4.25. The van der Waals surface area contributed by atoms with Crippen LogP contribution in [0.5, 0.6) is 5.75 Å². The zero-order chi connectivity index (χ0) is 20.8. The van der Waals surface area contributed by atoms with Crippen molar-refractivity contribution in [2.45, 2.75) is 56.5 Å². The van der Waals surface area contributed by atoms with Gasteiger partial charge in [-0.05, 0) is 88.4 Å². The zero-order valence-electron chi connectivity index (χ0n) is 17.5. The SMILES string of the molecule is CN(C)C1CCC[C@@H](Nc2nnc(-c3c(O)cc(C4CC4)cc3F)c3cccn23)C1. The summed E-state index contributed by atoms with van der Waals surface area (Å²) in [6.07, 6.45) is 8.53. The zero-order valence-corrected chi connectivity index (χ0v) is 17.5. The number of nitrogens with one attached hydrogen (secondary N) is 1. The number of phenols is 1. The highest BCUT2D eigenvalue weighted by molar-refractivity contribution is 5.81. The van der Waals surface area contributed by atoms with Gasteiger partial charge in [0.1, 0.15) is 17.3 Å². The van der Waals surface area contributed by atoms with Gasteiger partial charge in [-0.2, -0.15) is 0 Å². The molecule has 3 aromatic rings. The van der Waals surface area contributed by atoms with Gasteiger partial charge >= 0.3 is 0 Å². The number of aromatic hydroxyl groups is 1. The lowest BCUT2D eigenvalue weighted by molar-refractivity contribution is 0.219. The molecule has 30 heavy (non-hydrogen) atoms. The van der Waals surface area contributed by atoms with E-state index in [9.17, 15) is 9.50 Å². The van der Waals surface area contributed by atoms with E-state index in [1.54, 1.807) is 6.07 Å². The Morgan fingerprint density at radius 2 is 2.00 bits per heavy atom. The molecular weight excluding hydrogens is 381 g/mol. The van der Waals surface area contributed by atoms with Crippen LogP contribution in [-0.4, -0.2) is 50.8 Å². The molecule has 2 atom stereocenters. The van der Waals surface area contributed by atoms with Crippen molar-refractivity contribution in [3.8, 4) is 17.0 Å². The Labute approximate surface area is 175 Å². The fourth-order valence-corrected chi connectivity index (χ4v) is 4.68. The first-order chi connectivity index (χ1) is 14.5. The number of aromatic nitrogens is 3. The van der Waals surface area contributed by atoms with Gasteiger partial charge in [-0.1, -0.05) is 0 Å². The van der Waals surface area contributed by atoms with E-state index in [0.29, 0.717) is 29.6 Å². The molecule has 2 fully saturated rings. The maximum absolute atomic E-state index is 15.0. The van der Waals surface area contributed by atoms with Gasteiger partial charge in [-0.15, -0.1) is 10.2 Å². The van der Waals surface area contributed by atoms with Crippen molar-refractivity contribution >= 4 is 11.5 Å². The molecule has 0 saturated heterocycles. The van der Waals surface area contributed by atoms with Gasteiger partial charge in [0.15, 0.2) is 0 Å². The molecule has 7 heteroatoms. The first-order valence-electron chi connectivity index (χ1n) is 10.8. The number of benzene rings is 1. The first kappa shape index (κ1) is 19.3. The van der Waals surface area contributed by atoms with E-state index in [0.717, 1.165) is 36.8 Å². The van der Waals surface area contributed by atoms with Crippen molar-refractivity contribution in [3.05, 3.63) is 41.8 Å². The summed E-state index contributed by atoms with van der Waals surface area (Å²) in [5.41, 5.74) is 2.06. The fraction of sp³-hybridized carbons (Fsp3) is 0.478. The number of anilines is 1. The maximum Gasteiger partial charge on any atom is 0.228 e. The predicted octanol–water partition coefficient (Wildman–Crippen LogP) is 4.40. The molecule has 0 amide bonds. The van der Waals surface area contributed by atoms with E-state index < -0.39 is 5.82 Å². The molecule has 0 bridgehead atoms. The van der Waals surface area contributed by atoms with Crippen LogP contribution in [0.15, 0.2) is 30.5 Å². The summed E-state index contributed by atoms with van der Waals surface area (Å²) in [6.45, 7) is 0. The number of halogens is 1. The molecular formula is C23H28FN5O. The Bertz CT molecular complexity index is 1050. The van der Waals surface area contributed by atoms with E-state index in [4.69, 9.17) is 0 Å². The Morgan fingerprint density at radius 3 is 2.73 bits per heavy atom. The number of rotatable bonds is 5. The lowest BCUT2D eigenvalue weighted by atomic mass is 9.90. The van der Waals surface area contributed by atoms with Crippen molar-refractivity contribution in [1.29, 1.82) is 0 Å². The third-order valence-corrected chi connectivity index (χ3v) is 6.55. The molecule has 158 valence electrons. The summed E-state index contributed by atoms with van der Waals surface area (Å²) >= 11 is 0. The monoisotopic (exact) mass is 409 g/mol. The van der Waals surface area contributed by atoms with Crippen LogP contribution >= 0.6 is 0 Å². The van der Waals surface area contributed by atoms with Crippen LogP contribution in [-0.2, 0) is 0 Å². The molecule has 1 unspecified atom stereocenters. The normalized spacial score (nSPS) is 22.0. The van der Waals surface area contributed by atoms with E-state index >= 15 is 0 Å². The molecule has 0 radical (unpaired) electrons. The van der Waals surface area contributed by atoms with Crippen LogP contribution in [0.4, 0.5) is 10.3 Å². The molecule has 6 nitrogen and oxygen atoms in total. The summed E-state index contributed by atoms with van der Waals surface area (Å²) in [4.78, 5) is 2.28. The molecule has 0 spiro atoms. The second-order valence-electron chi connectivity index (χ2n) is 8.93. The predicted molar refractivity (Wildman–Crippen MR) is 115 cm³/mol. The van der Waals surface area contributed by atoms with Crippen LogP contribution < -0.4 is 5.32 Å². The minimum Gasteiger partial charge on any atom is -0.507 e. The van der Waals surface area contributed by atoms with E-state index in [1.165, 1.54) is 18.9 Å². The van der Waals surface area contributed by atoms with Crippen molar-refractivity contribution in [1.82, 2.24) is 19.5 Å². The van der Waals surface area contributed by atoms with Gasteiger partial charge in [0.25, 0.3) is 0 Å². The largest absolute Gasteiger partial charge is 0.507 e. The van der Waals surface area contributed by atoms with Gasteiger partial charge < -0.3 is 15.3 Å². The van der Waals surface area contributed by atoms with Crippen molar-refractivity contribution < 1.29 is 9.50 Å². The Kier molecular flexibility index (Phi) is 4.85. The molecule has 1 aromatic carbocycles. The highest BCUT2D eigenvalue weighted by Gasteiger charge is 2.28. The van der Waals surface area contributed by atoms with E-state index in [-0.39, 0.29) is 11.3 Å². The van der Waals surface area contributed by atoms with Gasteiger partial charge in [0.2, 0.25) is 5.95 Å². The van der Waals surface area contributed by atoms with Crippen LogP contribution in [0.1, 0.15) is 50.0 Å². The molecule has 2 aliphatic rings. The van der Waals surface area contributed by atoms with Crippen molar-refractivity contribution in [3.63, 3.8) is 0 Å². The smallest absolute Gasteiger partial charge is 0.228 e. The summed E-state index contributed by atoms with van der Waals surface area (Å²) < 4.78 is 16.9. The third kappa shape index (κ3) is 3.51. The number of hydrogen-bond acceptors (Lipinski definition) is 5. The van der Waals surface area contributed by atoms with Crippen LogP contribution in [0.3, 0.4) is 0 Å². The highest BCUT2D eigenvalue weighted by Crippen LogP contribution is 2.44. The van der Waals surface area contributed by atoms with Gasteiger partial charge in [0, 0.05) is 18.3 Å². The molecule has 0 aliphatic heterocycles. The first-order valence-corrected chi connectivity index (χ1v) is 10.8. The van der Waals surface area contributed by atoms with Crippen molar-refractivity contribution in [2.24, 2.45) is 0 Å². The number of hydrogen-bond donors (Lipinski definition) is 2. The Hall–Kier alpha value is -2.67. The quantitative estimate of drug-likeness (QED) is 0.654. The summed E-state index contributed by atoms with van der Waals surface area (Å²) in [5, 5.41) is 22.8. The number of fused-ring (bicyclic) bond motifs is 1. The van der Waals surface area contributed by atoms with Crippen LogP contribution in [0, 0.1) is 5.82 Å². The fourth-order valence-electron chi connectivity index (χ4n) is 4.68. The van der Waals surface area contributed by atoms with Gasteiger partial charge in [-0.25, -0.2) is 4.39 Å². The van der Waals surface area contributed by atoms with E-state index in [1.807, 2.05) is 22.7 Å². The highest BCUT2D eigenvalue weighted by atomic mass is 19.1. The lowest BCUT2D eigenvalue weighted by Gasteiger charge is -2.34. The second-order valence-corrected chi connectivity index (χ2v) is 8.93. The molecule has 2 heterocycles. The van der Waals surface area contributed by atoms with Gasteiger partial charge in [-0.3, -0.25) is 4.40 Å². The van der Waals surface area contributed by atoms with Gasteiger partial charge in [0.05, 0.1) is 11.1 Å².